The van der Waals surface area contributed by atoms with Gasteiger partial charge in [-0.25, -0.2) is 0 Å². The van der Waals surface area contributed by atoms with Gasteiger partial charge in [0.05, 0.1) is 0 Å². The van der Waals surface area contributed by atoms with E-state index in [1.165, 1.54) is 6.42 Å². The van der Waals surface area contributed by atoms with Crippen molar-refractivity contribution < 1.29 is 9.59 Å². The van der Waals surface area contributed by atoms with E-state index < -0.39 is 0 Å². The molecule has 1 fully saturated rings. The molecule has 2 amide bonds. The van der Waals surface area contributed by atoms with E-state index in [-0.39, 0.29) is 36.6 Å². The summed E-state index contributed by atoms with van der Waals surface area (Å²) in [6.45, 7) is 4.05. The molecule has 1 heterocycles. The number of benzene rings is 1. The Bertz CT molecular complexity index is 561. The van der Waals surface area contributed by atoms with Crippen LogP contribution in [0.25, 0.3) is 0 Å². The van der Waals surface area contributed by atoms with Crippen molar-refractivity contribution in [1.82, 2.24) is 20.9 Å². The number of hydrogen-bond acceptors (Lipinski definition) is 4. The van der Waals surface area contributed by atoms with Gasteiger partial charge in [0.15, 0.2) is 0 Å². The first kappa shape index (κ1) is 25.7. The second-order valence-corrected chi connectivity index (χ2v) is 6.93. The Labute approximate surface area is 174 Å². The van der Waals surface area contributed by atoms with E-state index in [0.29, 0.717) is 31.0 Å². The minimum atomic E-state index is -0.0670. The molecule has 1 saturated heterocycles. The highest BCUT2D eigenvalue weighted by Gasteiger charge is 2.15. The van der Waals surface area contributed by atoms with Crippen LogP contribution >= 0.6 is 24.8 Å². The second-order valence-electron chi connectivity index (χ2n) is 6.93. The molecule has 2 rings (SSSR count). The first-order chi connectivity index (χ1) is 12.0. The molecule has 0 bridgehead atoms. The average Bonchev–Trinajstić information content (AvgIpc) is 3.11. The van der Waals surface area contributed by atoms with Crippen molar-refractivity contribution in [3.8, 4) is 0 Å². The summed E-state index contributed by atoms with van der Waals surface area (Å²) in [5, 5.41) is 9.16. The van der Waals surface area contributed by atoms with Gasteiger partial charge in [0.25, 0.3) is 5.91 Å². The largest absolute Gasteiger partial charge is 0.352 e. The maximum absolute atomic E-state index is 12.0. The number of likely N-dealkylation sites (N-methyl/N-ethyl adjacent to an activating group) is 1. The molecule has 154 valence electrons. The summed E-state index contributed by atoms with van der Waals surface area (Å²) < 4.78 is 0. The van der Waals surface area contributed by atoms with Crippen LogP contribution in [0.3, 0.4) is 0 Å². The monoisotopic (exact) mass is 418 g/mol. The van der Waals surface area contributed by atoms with E-state index in [9.17, 15) is 9.59 Å². The Morgan fingerprint density at radius 1 is 1.15 bits per heavy atom. The fourth-order valence-electron chi connectivity index (χ4n) is 2.85. The van der Waals surface area contributed by atoms with Crippen molar-refractivity contribution in [3.05, 3.63) is 35.4 Å². The fraction of sp³-hybridized carbons (Fsp3) is 0.579. The minimum absolute atomic E-state index is 0. The third-order valence-corrected chi connectivity index (χ3v) is 4.49. The zero-order valence-corrected chi connectivity index (χ0v) is 17.8. The van der Waals surface area contributed by atoms with E-state index in [0.717, 1.165) is 31.6 Å². The molecule has 0 aliphatic carbocycles. The van der Waals surface area contributed by atoms with E-state index in [1.54, 1.807) is 12.1 Å². The van der Waals surface area contributed by atoms with Crippen molar-refractivity contribution in [2.24, 2.45) is 5.92 Å². The normalized spacial score (nSPS) is 15.6. The summed E-state index contributed by atoms with van der Waals surface area (Å²) in [6.07, 6.45) is 2.70. The predicted molar refractivity (Wildman–Crippen MR) is 114 cm³/mol. The lowest BCUT2D eigenvalue weighted by molar-refractivity contribution is -0.121. The lowest BCUT2D eigenvalue weighted by Crippen LogP contribution is -2.31. The highest BCUT2D eigenvalue weighted by Crippen LogP contribution is 2.14. The maximum Gasteiger partial charge on any atom is 0.251 e. The zero-order valence-electron chi connectivity index (χ0n) is 16.1. The zero-order chi connectivity index (χ0) is 18.1. The first-order valence-electron chi connectivity index (χ1n) is 9.04. The molecule has 27 heavy (non-hydrogen) atoms. The first-order valence-corrected chi connectivity index (χ1v) is 9.04. The van der Waals surface area contributed by atoms with E-state index in [4.69, 9.17) is 0 Å². The maximum atomic E-state index is 12.0. The summed E-state index contributed by atoms with van der Waals surface area (Å²) in [7, 11) is 3.94. The SMILES string of the molecule is CN(C)CCNC(=O)c1ccc(CNC(=O)CCC2CCNC2)cc1.Cl.Cl. The molecule has 0 saturated carbocycles. The molecule has 0 aromatic heterocycles. The third-order valence-electron chi connectivity index (χ3n) is 4.49. The van der Waals surface area contributed by atoms with Gasteiger partial charge in [0.1, 0.15) is 0 Å². The molecule has 1 aliphatic heterocycles. The molecule has 6 nitrogen and oxygen atoms in total. The van der Waals surface area contributed by atoms with Crippen molar-refractivity contribution in [2.45, 2.75) is 25.8 Å². The Kier molecular flexibility index (Phi) is 13.1. The van der Waals surface area contributed by atoms with Crippen LogP contribution in [0.2, 0.25) is 0 Å². The highest BCUT2D eigenvalue weighted by atomic mass is 35.5. The molecule has 1 aromatic carbocycles. The smallest absolute Gasteiger partial charge is 0.251 e. The Morgan fingerprint density at radius 3 is 2.44 bits per heavy atom. The quantitative estimate of drug-likeness (QED) is 0.571. The molecule has 0 radical (unpaired) electrons. The molecule has 1 aliphatic rings. The van der Waals surface area contributed by atoms with Crippen LogP contribution in [0.1, 0.15) is 35.2 Å². The van der Waals surface area contributed by atoms with Gasteiger partial charge >= 0.3 is 0 Å². The molecule has 0 spiro atoms. The lowest BCUT2D eigenvalue weighted by Gasteiger charge is -2.11. The number of hydrogen-bond donors (Lipinski definition) is 3. The topological polar surface area (TPSA) is 73.5 Å². The molecular weight excluding hydrogens is 387 g/mol. The Morgan fingerprint density at radius 2 is 1.85 bits per heavy atom. The van der Waals surface area contributed by atoms with Gasteiger partial charge in [-0.3, -0.25) is 9.59 Å². The van der Waals surface area contributed by atoms with Gasteiger partial charge in [-0.1, -0.05) is 12.1 Å². The number of carbonyl (C=O) groups is 2. The van der Waals surface area contributed by atoms with Crippen molar-refractivity contribution in [2.75, 3.05) is 40.3 Å². The van der Waals surface area contributed by atoms with Crippen molar-refractivity contribution in [1.29, 1.82) is 0 Å². The summed E-state index contributed by atoms with van der Waals surface area (Å²) in [6, 6.07) is 7.39. The van der Waals surface area contributed by atoms with E-state index in [2.05, 4.69) is 16.0 Å². The molecule has 1 atom stereocenters. The van der Waals surface area contributed by atoms with Crippen LogP contribution in [-0.4, -0.2) is 57.0 Å². The Hall–Kier alpha value is -1.34. The van der Waals surface area contributed by atoms with Crippen molar-refractivity contribution in [3.63, 3.8) is 0 Å². The summed E-state index contributed by atoms with van der Waals surface area (Å²) in [5.41, 5.74) is 1.64. The molecule has 3 N–H and O–H groups in total. The average molecular weight is 419 g/mol. The number of nitrogens with zero attached hydrogens (tertiary/aromatic N) is 1. The summed E-state index contributed by atoms with van der Waals surface area (Å²) in [4.78, 5) is 26.0. The van der Waals surface area contributed by atoms with Crippen LogP contribution in [0, 0.1) is 5.92 Å². The van der Waals surface area contributed by atoms with Gasteiger partial charge in [0.2, 0.25) is 5.91 Å². The number of rotatable bonds is 9. The number of amides is 2. The van der Waals surface area contributed by atoms with E-state index in [1.807, 2.05) is 31.1 Å². The summed E-state index contributed by atoms with van der Waals surface area (Å²) in [5.74, 6) is 0.663. The number of carbonyl (C=O) groups excluding carboxylic acids is 2. The fourth-order valence-corrected chi connectivity index (χ4v) is 2.85. The van der Waals surface area contributed by atoms with Gasteiger partial charge in [-0.05, 0) is 63.6 Å². The predicted octanol–water partition coefficient (Wildman–Crippen LogP) is 1.83. The molecule has 1 aromatic rings. The van der Waals surface area contributed by atoms with Crippen LogP contribution in [-0.2, 0) is 11.3 Å². The number of halogens is 2. The number of nitrogens with one attached hydrogen (secondary N) is 3. The van der Waals surface area contributed by atoms with Crippen LogP contribution in [0.4, 0.5) is 0 Å². The second kappa shape index (κ2) is 13.8. The standard InChI is InChI=1S/C19H30N4O2.2ClH/c1-23(2)12-11-21-19(25)17-6-3-15(4-7-17)14-22-18(24)8-5-16-9-10-20-13-16;;/h3-4,6-7,16,20H,5,8-14H2,1-2H3,(H,21,25)(H,22,24);2*1H. The van der Waals surface area contributed by atoms with Crippen LogP contribution in [0.15, 0.2) is 24.3 Å². The van der Waals surface area contributed by atoms with Gasteiger partial charge in [-0.15, -0.1) is 24.8 Å². The van der Waals surface area contributed by atoms with Crippen LogP contribution in [0.5, 0.6) is 0 Å². The van der Waals surface area contributed by atoms with Crippen LogP contribution < -0.4 is 16.0 Å². The van der Waals surface area contributed by atoms with Gasteiger partial charge in [-0.2, -0.15) is 0 Å². The van der Waals surface area contributed by atoms with Gasteiger partial charge in [0, 0.05) is 31.6 Å². The third kappa shape index (κ3) is 9.96. The minimum Gasteiger partial charge on any atom is -0.352 e. The van der Waals surface area contributed by atoms with Crippen molar-refractivity contribution >= 4 is 36.6 Å². The van der Waals surface area contributed by atoms with Gasteiger partial charge < -0.3 is 20.9 Å². The Balaban J connectivity index is 0.00000338. The molecule has 8 heteroatoms. The highest BCUT2D eigenvalue weighted by molar-refractivity contribution is 5.94. The molecule has 1 unspecified atom stereocenters. The molecular formula is C19H32Cl2N4O2. The van der Waals surface area contributed by atoms with E-state index >= 15 is 0 Å². The summed E-state index contributed by atoms with van der Waals surface area (Å²) >= 11 is 0. The lowest BCUT2D eigenvalue weighted by atomic mass is 10.0.